The maximum Gasteiger partial charge on any atom is 0.263 e. The number of nitrogens with one attached hydrogen (secondary N) is 1. The first kappa shape index (κ1) is 18.9. The van der Waals surface area contributed by atoms with Crippen molar-refractivity contribution in [1.29, 1.82) is 0 Å². The molecule has 5 nitrogen and oxygen atoms in total. The molecular formula is C17H24N2O3S2. The maximum absolute atomic E-state index is 12.5. The average Bonchev–Trinajstić information content (AvgIpc) is 3.03. The summed E-state index contributed by atoms with van der Waals surface area (Å²) in [6, 6.07) is 6.88. The second-order valence-electron chi connectivity index (χ2n) is 5.78. The molecule has 1 aromatic carbocycles. The van der Waals surface area contributed by atoms with Crippen LogP contribution in [0.3, 0.4) is 0 Å². The molecule has 0 aliphatic carbocycles. The van der Waals surface area contributed by atoms with Crippen LogP contribution in [0, 0.1) is 0 Å². The van der Waals surface area contributed by atoms with Gasteiger partial charge in [0.2, 0.25) is 0 Å². The Bertz CT molecular complexity index is 763. The molecule has 0 spiro atoms. The van der Waals surface area contributed by atoms with Gasteiger partial charge in [0, 0.05) is 5.38 Å². The molecule has 0 aliphatic heterocycles. The van der Waals surface area contributed by atoms with Crippen LogP contribution in [0.2, 0.25) is 0 Å². The lowest BCUT2D eigenvalue weighted by Crippen LogP contribution is -2.24. The van der Waals surface area contributed by atoms with Crippen LogP contribution in [0.1, 0.15) is 51.3 Å². The SMILES string of the molecule is CCCc1ccc(S(=O)(=O)Nc2nc(C(O)(CC)CC)cs2)cc1. The summed E-state index contributed by atoms with van der Waals surface area (Å²) in [4.78, 5) is 4.47. The van der Waals surface area contributed by atoms with E-state index in [2.05, 4.69) is 16.6 Å². The first-order valence-corrected chi connectivity index (χ1v) is 10.5. The third-order valence-electron chi connectivity index (χ3n) is 4.14. The number of aryl methyl sites for hydroxylation is 1. The molecule has 2 rings (SSSR count). The third kappa shape index (κ3) is 4.15. The molecule has 0 fully saturated rings. The van der Waals surface area contributed by atoms with Crippen LogP contribution in [-0.2, 0) is 22.0 Å². The molecule has 2 N–H and O–H groups in total. The predicted octanol–water partition coefficient (Wildman–Crippen LogP) is 3.90. The average molecular weight is 369 g/mol. The molecule has 24 heavy (non-hydrogen) atoms. The van der Waals surface area contributed by atoms with E-state index in [-0.39, 0.29) is 10.0 Å². The molecule has 7 heteroatoms. The lowest BCUT2D eigenvalue weighted by Gasteiger charge is -2.22. The lowest BCUT2D eigenvalue weighted by molar-refractivity contribution is 0.0247. The number of aromatic nitrogens is 1. The van der Waals surface area contributed by atoms with E-state index in [1.807, 2.05) is 26.0 Å². The smallest absolute Gasteiger partial charge is 0.263 e. The van der Waals surface area contributed by atoms with Crippen molar-refractivity contribution >= 4 is 26.5 Å². The lowest BCUT2D eigenvalue weighted by atomic mass is 9.94. The van der Waals surface area contributed by atoms with E-state index in [0.29, 0.717) is 18.5 Å². The van der Waals surface area contributed by atoms with Gasteiger partial charge < -0.3 is 5.11 Å². The van der Waals surface area contributed by atoms with Crippen LogP contribution in [0.4, 0.5) is 5.13 Å². The van der Waals surface area contributed by atoms with Crippen LogP contribution < -0.4 is 4.72 Å². The highest BCUT2D eigenvalue weighted by Crippen LogP contribution is 2.31. The summed E-state index contributed by atoms with van der Waals surface area (Å²) in [6.45, 7) is 5.84. The largest absolute Gasteiger partial charge is 0.384 e. The molecule has 0 saturated carbocycles. The topological polar surface area (TPSA) is 79.3 Å². The molecule has 132 valence electrons. The van der Waals surface area contributed by atoms with Crippen LogP contribution in [0.15, 0.2) is 34.5 Å². The molecular weight excluding hydrogens is 344 g/mol. The minimum absolute atomic E-state index is 0.209. The van der Waals surface area contributed by atoms with E-state index in [1.165, 1.54) is 11.3 Å². The predicted molar refractivity (Wildman–Crippen MR) is 97.8 cm³/mol. The summed E-state index contributed by atoms with van der Waals surface area (Å²) in [5, 5.41) is 12.4. The Hall–Kier alpha value is -1.44. The number of rotatable bonds is 8. The Morgan fingerprint density at radius 1 is 1.17 bits per heavy atom. The van der Waals surface area contributed by atoms with Gasteiger partial charge in [-0.2, -0.15) is 0 Å². The Labute approximate surface area is 147 Å². The van der Waals surface area contributed by atoms with Crippen molar-refractivity contribution in [3.05, 3.63) is 40.9 Å². The second kappa shape index (κ2) is 7.63. The highest BCUT2D eigenvalue weighted by Gasteiger charge is 2.28. The van der Waals surface area contributed by atoms with Gasteiger partial charge in [0.1, 0.15) is 5.60 Å². The quantitative estimate of drug-likeness (QED) is 0.740. The van der Waals surface area contributed by atoms with Gasteiger partial charge in [0.25, 0.3) is 10.0 Å². The van der Waals surface area contributed by atoms with E-state index in [0.717, 1.165) is 18.4 Å². The molecule has 2 aromatic rings. The van der Waals surface area contributed by atoms with Gasteiger partial charge >= 0.3 is 0 Å². The number of anilines is 1. The highest BCUT2D eigenvalue weighted by atomic mass is 32.2. The highest BCUT2D eigenvalue weighted by molar-refractivity contribution is 7.93. The summed E-state index contributed by atoms with van der Waals surface area (Å²) in [5.74, 6) is 0. The monoisotopic (exact) mass is 368 g/mol. The minimum Gasteiger partial charge on any atom is -0.384 e. The van der Waals surface area contributed by atoms with Crippen molar-refractivity contribution in [2.24, 2.45) is 0 Å². The number of thiazole rings is 1. The number of hydrogen-bond donors (Lipinski definition) is 2. The van der Waals surface area contributed by atoms with Crippen LogP contribution in [0.25, 0.3) is 0 Å². The number of benzene rings is 1. The number of aliphatic hydroxyl groups is 1. The minimum atomic E-state index is -3.67. The first-order chi connectivity index (χ1) is 11.3. The van der Waals surface area contributed by atoms with E-state index in [9.17, 15) is 13.5 Å². The molecule has 1 heterocycles. The fourth-order valence-corrected chi connectivity index (χ4v) is 4.50. The van der Waals surface area contributed by atoms with E-state index in [4.69, 9.17) is 0 Å². The Morgan fingerprint density at radius 2 is 1.79 bits per heavy atom. The summed E-state index contributed by atoms with van der Waals surface area (Å²) in [6.07, 6.45) is 3.00. The van der Waals surface area contributed by atoms with Crippen molar-refractivity contribution in [3.8, 4) is 0 Å². The molecule has 0 amide bonds. The number of hydrogen-bond acceptors (Lipinski definition) is 5. The van der Waals surface area contributed by atoms with Gasteiger partial charge in [-0.25, -0.2) is 13.4 Å². The van der Waals surface area contributed by atoms with Gasteiger partial charge in [-0.3, -0.25) is 4.72 Å². The normalized spacial score (nSPS) is 12.3. The summed E-state index contributed by atoms with van der Waals surface area (Å²) < 4.78 is 27.4. The van der Waals surface area contributed by atoms with Gasteiger partial charge in [0.15, 0.2) is 5.13 Å². The maximum atomic E-state index is 12.5. The number of sulfonamides is 1. The Balaban J connectivity index is 2.19. The number of nitrogens with zero attached hydrogens (tertiary/aromatic N) is 1. The molecule has 0 radical (unpaired) electrons. The molecule has 0 bridgehead atoms. The van der Waals surface area contributed by atoms with Crippen molar-refractivity contribution in [2.75, 3.05) is 4.72 Å². The molecule has 1 aromatic heterocycles. The molecule has 0 aliphatic rings. The third-order valence-corrected chi connectivity index (χ3v) is 6.39. The van der Waals surface area contributed by atoms with Crippen LogP contribution in [0.5, 0.6) is 0 Å². The van der Waals surface area contributed by atoms with Crippen molar-refractivity contribution < 1.29 is 13.5 Å². The van der Waals surface area contributed by atoms with E-state index in [1.54, 1.807) is 17.5 Å². The second-order valence-corrected chi connectivity index (χ2v) is 8.32. The van der Waals surface area contributed by atoms with E-state index >= 15 is 0 Å². The van der Waals surface area contributed by atoms with Gasteiger partial charge in [-0.15, -0.1) is 11.3 Å². The van der Waals surface area contributed by atoms with Gasteiger partial charge in [-0.05, 0) is 37.0 Å². The fraction of sp³-hybridized carbons (Fsp3) is 0.471. The van der Waals surface area contributed by atoms with E-state index < -0.39 is 15.6 Å². The fourth-order valence-electron chi connectivity index (χ4n) is 2.44. The molecule has 0 unspecified atom stereocenters. The van der Waals surface area contributed by atoms with Crippen molar-refractivity contribution in [2.45, 2.75) is 57.0 Å². The zero-order chi connectivity index (χ0) is 17.8. The standard InChI is InChI=1S/C17H24N2O3S2/c1-4-7-13-8-10-14(11-9-13)24(21,22)19-16-18-15(12-23-16)17(20,5-2)6-3/h8-12,20H,4-7H2,1-3H3,(H,18,19). The summed E-state index contributed by atoms with van der Waals surface area (Å²) in [7, 11) is -3.67. The van der Waals surface area contributed by atoms with Crippen molar-refractivity contribution in [1.82, 2.24) is 4.98 Å². The Kier molecular flexibility index (Phi) is 6.01. The zero-order valence-electron chi connectivity index (χ0n) is 14.2. The summed E-state index contributed by atoms with van der Waals surface area (Å²) in [5.41, 5.74) is 0.611. The Morgan fingerprint density at radius 3 is 2.33 bits per heavy atom. The van der Waals surface area contributed by atoms with Crippen LogP contribution in [-0.4, -0.2) is 18.5 Å². The zero-order valence-corrected chi connectivity index (χ0v) is 15.9. The molecule has 0 saturated heterocycles. The van der Waals surface area contributed by atoms with Crippen molar-refractivity contribution in [3.63, 3.8) is 0 Å². The van der Waals surface area contributed by atoms with Gasteiger partial charge in [-0.1, -0.05) is 39.3 Å². The first-order valence-electron chi connectivity index (χ1n) is 8.14. The molecule has 0 atom stereocenters. The van der Waals surface area contributed by atoms with Gasteiger partial charge in [0.05, 0.1) is 10.6 Å². The summed E-state index contributed by atoms with van der Waals surface area (Å²) >= 11 is 1.18. The van der Waals surface area contributed by atoms with Crippen LogP contribution >= 0.6 is 11.3 Å².